The van der Waals surface area contributed by atoms with Gasteiger partial charge in [-0.05, 0) is 62.1 Å². The number of hydrogen-bond donors (Lipinski definition) is 1. The van der Waals surface area contributed by atoms with Crippen LogP contribution in [0.4, 0.5) is 0 Å². The quantitative estimate of drug-likeness (QED) is 0.532. The molecule has 1 N–H and O–H groups in total. The van der Waals surface area contributed by atoms with Gasteiger partial charge in [0.1, 0.15) is 16.9 Å². The number of aromatic nitrogens is 1. The zero-order valence-electron chi connectivity index (χ0n) is 16.9. The van der Waals surface area contributed by atoms with Crippen LogP contribution in [-0.2, 0) is 17.8 Å². The molecule has 4 rings (SSSR count). The summed E-state index contributed by atoms with van der Waals surface area (Å²) in [5.74, 6) is 0.579. The predicted molar refractivity (Wildman–Crippen MR) is 111 cm³/mol. The van der Waals surface area contributed by atoms with Gasteiger partial charge in [0.15, 0.2) is 0 Å². The second-order valence-corrected chi connectivity index (χ2v) is 7.36. The molecule has 0 fully saturated rings. The van der Waals surface area contributed by atoms with E-state index in [1.165, 1.54) is 0 Å². The van der Waals surface area contributed by atoms with Crippen LogP contribution in [0.15, 0.2) is 44.2 Å². The van der Waals surface area contributed by atoms with E-state index in [0.29, 0.717) is 28.8 Å². The summed E-state index contributed by atoms with van der Waals surface area (Å²) in [4.78, 5) is 29.1. The van der Waals surface area contributed by atoms with Crippen molar-refractivity contribution in [3.63, 3.8) is 0 Å². The summed E-state index contributed by atoms with van der Waals surface area (Å²) in [6.07, 6.45) is 3.31. The highest BCUT2D eigenvalue weighted by Gasteiger charge is 2.21. The molecule has 29 heavy (non-hydrogen) atoms. The fraction of sp³-hybridized carbons (Fsp3) is 0.261. The first kappa shape index (κ1) is 18.9. The Labute approximate surface area is 167 Å². The van der Waals surface area contributed by atoms with E-state index < -0.39 is 5.63 Å². The zero-order chi connectivity index (χ0) is 20.7. The number of fused-ring (bicyclic) bond motifs is 3. The van der Waals surface area contributed by atoms with Gasteiger partial charge < -0.3 is 14.2 Å². The largest absolute Gasteiger partial charge is 0.460 e. The fourth-order valence-corrected chi connectivity index (χ4v) is 3.76. The summed E-state index contributed by atoms with van der Waals surface area (Å²) in [7, 11) is 0. The molecule has 0 unspecified atom stereocenters. The molecule has 0 spiro atoms. The third-order valence-corrected chi connectivity index (χ3v) is 5.43. The van der Waals surface area contributed by atoms with Crippen molar-refractivity contribution in [2.45, 2.75) is 40.7 Å². The van der Waals surface area contributed by atoms with Crippen molar-refractivity contribution in [2.75, 3.05) is 0 Å². The van der Waals surface area contributed by atoms with Crippen LogP contribution in [0.5, 0.6) is 0 Å². The lowest BCUT2D eigenvalue weighted by atomic mass is 9.98. The molecule has 1 aromatic carbocycles. The van der Waals surface area contributed by atoms with Gasteiger partial charge in [-0.3, -0.25) is 9.78 Å². The monoisotopic (exact) mass is 390 g/mol. The number of benzene rings is 1. The lowest BCUT2D eigenvalue weighted by Gasteiger charge is -2.10. The van der Waals surface area contributed by atoms with Gasteiger partial charge in [-0.25, -0.2) is 4.79 Å². The van der Waals surface area contributed by atoms with Crippen molar-refractivity contribution in [3.05, 3.63) is 74.6 Å². The van der Waals surface area contributed by atoms with Crippen LogP contribution in [0.2, 0.25) is 0 Å². The van der Waals surface area contributed by atoms with Gasteiger partial charge >= 0.3 is 5.63 Å². The van der Waals surface area contributed by atoms with Crippen LogP contribution >= 0.6 is 0 Å². The summed E-state index contributed by atoms with van der Waals surface area (Å²) >= 11 is 0. The molecule has 0 saturated carbocycles. The number of nitrogens with zero attached hydrogens (tertiary/aromatic N) is 1. The Morgan fingerprint density at radius 3 is 2.62 bits per heavy atom. The normalized spacial score (nSPS) is 11.3. The molecule has 0 aliphatic rings. The standard InChI is InChI=1S/C23H22N2O4/c1-12-8-18-21(22-20(12)13(2)15(4)28-22)14(3)17(23(27)29-18)9-19(26)25-11-16-6-5-7-24-10-16/h5-8,10H,9,11H2,1-4H3,(H,25,26). The highest BCUT2D eigenvalue weighted by Crippen LogP contribution is 2.36. The van der Waals surface area contributed by atoms with Crippen LogP contribution in [0.1, 0.15) is 33.6 Å². The molecule has 1 amide bonds. The number of amides is 1. The van der Waals surface area contributed by atoms with Crippen molar-refractivity contribution in [3.8, 4) is 0 Å². The zero-order valence-corrected chi connectivity index (χ0v) is 16.9. The molecule has 3 aromatic heterocycles. The van der Waals surface area contributed by atoms with Gasteiger partial charge in [0, 0.05) is 24.3 Å². The highest BCUT2D eigenvalue weighted by molar-refractivity contribution is 6.07. The van der Waals surface area contributed by atoms with Crippen LogP contribution in [0.25, 0.3) is 21.9 Å². The Kier molecular flexibility index (Phi) is 4.70. The van der Waals surface area contributed by atoms with Crippen LogP contribution in [-0.4, -0.2) is 10.9 Å². The minimum absolute atomic E-state index is 0.0571. The lowest BCUT2D eigenvalue weighted by molar-refractivity contribution is -0.120. The molecular formula is C23H22N2O4. The topological polar surface area (TPSA) is 85.3 Å². The van der Waals surface area contributed by atoms with Gasteiger partial charge in [0.05, 0.1) is 17.4 Å². The van der Waals surface area contributed by atoms with E-state index in [1.54, 1.807) is 12.4 Å². The third kappa shape index (κ3) is 3.31. The summed E-state index contributed by atoms with van der Waals surface area (Å²) in [5, 5.41) is 4.60. The SMILES string of the molecule is Cc1oc2c(c(C)cc3oc(=O)c(CC(=O)NCc4cccnc4)c(C)c32)c1C. The average Bonchev–Trinajstić information content (AvgIpc) is 2.99. The Bertz CT molecular complexity index is 1300. The van der Waals surface area contributed by atoms with E-state index in [0.717, 1.165) is 33.2 Å². The van der Waals surface area contributed by atoms with Crippen LogP contribution < -0.4 is 10.9 Å². The molecule has 0 aliphatic heterocycles. The first-order valence-electron chi connectivity index (χ1n) is 9.48. The smallest absolute Gasteiger partial charge is 0.340 e. The van der Waals surface area contributed by atoms with Crippen molar-refractivity contribution in [1.82, 2.24) is 10.3 Å². The van der Waals surface area contributed by atoms with E-state index in [2.05, 4.69) is 10.3 Å². The number of nitrogens with one attached hydrogen (secondary N) is 1. The van der Waals surface area contributed by atoms with Crippen LogP contribution in [0, 0.1) is 27.7 Å². The molecule has 3 heterocycles. The van der Waals surface area contributed by atoms with Gasteiger partial charge in [-0.2, -0.15) is 0 Å². The van der Waals surface area contributed by atoms with Gasteiger partial charge in [0.25, 0.3) is 0 Å². The Morgan fingerprint density at radius 1 is 1.10 bits per heavy atom. The van der Waals surface area contributed by atoms with E-state index >= 15 is 0 Å². The Balaban J connectivity index is 1.74. The molecule has 148 valence electrons. The minimum atomic E-state index is -0.495. The number of carbonyl (C=O) groups is 1. The molecule has 0 atom stereocenters. The fourth-order valence-electron chi connectivity index (χ4n) is 3.76. The van der Waals surface area contributed by atoms with Crippen molar-refractivity contribution < 1.29 is 13.6 Å². The second-order valence-electron chi connectivity index (χ2n) is 7.36. The van der Waals surface area contributed by atoms with Crippen molar-refractivity contribution in [1.29, 1.82) is 0 Å². The maximum Gasteiger partial charge on any atom is 0.340 e. The van der Waals surface area contributed by atoms with Crippen LogP contribution in [0.3, 0.4) is 0 Å². The number of carbonyl (C=O) groups excluding carboxylic acids is 1. The number of rotatable bonds is 4. The van der Waals surface area contributed by atoms with Gasteiger partial charge in [-0.1, -0.05) is 6.07 Å². The summed E-state index contributed by atoms with van der Waals surface area (Å²) < 4.78 is 11.6. The first-order valence-corrected chi connectivity index (χ1v) is 9.48. The van der Waals surface area contributed by atoms with Crippen molar-refractivity contribution in [2.24, 2.45) is 0 Å². The summed E-state index contributed by atoms with van der Waals surface area (Å²) in [6.45, 7) is 8.09. The van der Waals surface area contributed by atoms with Gasteiger partial charge in [0.2, 0.25) is 5.91 Å². The third-order valence-electron chi connectivity index (χ3n) is 5.43. The number of aryl methyl sites for hydroxylation is 4. The van der Waals surface area contributed by atoms with Crippen molar-refractivity contribution >= 4 is 27.8 Å². The van der Waals surface area contributed by atoms with E-state index in [-0.39, 0.29) is 12.3 Å². The number of furan rings is 1. The molecule has 4 aromatic rings. The molecule has 0 aliphatic carbocycles. The van der Waals surface area contributed by atoms with E-state index in [4.69, 9.17) is 8.83 Å². The molecular weight excluding hydrogens is 368 g/mol. The maximum absolute atomic E-state index is 12.6. The highest BCUT2D eigenvalue weighted by atomic mass is 16.4. The lowest BCUT2D eigenvalue weighted by Crippen LogP contribution is -2.27. The second kappa shape index (κ2) is 7.20. The molecule has 0 saturated heterocycles. The molecule has 0 bridgehead atoms. The molecule has 0 radical (unpaired) electrons. The first-order chi connectivity index (χ1) is 13.9. The molecule has 6 nitrogen and oxygen atoms in total. The predicted octanol–water partition coefficient (Wildman–Crippen LogP) is 4.03. The van der Waals surface area contributed by atoms with E-state index in [9.17, 15) is 9.59 Å². The average molecular weight is 390 g/mol. The summed E-state index contributed by atoms with van der Waals surface area (Å²) in [6, 6.07) is 5.55. The maximum atomic E-state index is 12.6. The van der Waals surface area contributed by atoms with E-state index in [1.807, 2.05) is 45.9 Å². The minimum Gasteiger partial charge on any atom is -0.460 e. The summed E-state index contributed by atoms with van der Waals surface area (Å²) in [5.41, 5.74) is 4.70. The van der Waals surface area contributed by atoms with Gasteiger partial charge in [-0.15, -0.1) is 0 Å². The Morgan fingerprint density at radius 2 is 1.90 bits per heavy atom. The number of pyridine rings is 1. The number of hydrogen-bond acceptors (Lipinski definition) is 5. The Hall–Kier alpha value is -3.41. The molecule has 6 heteroatoms.